The number of nitrogens with one attached hydrogen (secondary N) is 1. The van der Waals surface area contributed by atoms with E-state index in [2.05, 4.69) is 10.3 Å². The molecule has 0 unspecified atom stereocenters. The van der Waals surface area contributed by atoms with Gasteiger partial charge in [0.15, 0.2) is 6.61 Å². The molecule has 2 rings (SSSR count). The van der Waals surface area contributed by atoms with Gasteiger partial charge in [0.25, 0.3) is 5.91 Å². The summed E-state index contributed by atoms with van der Waals surface area (Å²) in [7, 11) is 0. The number of halogens is 2. The van der Waals surface area contributed by atoms with Gasteiger partial charge >= 0.3 is 5.97 Å². The third-order valence-electron chi connectivity index (χ3n) is 2.79. The first kappa shape index (κ1) is 18.0. The van der Waals surface area contributed by atoms with Crippen molar-refractivity contribution in [2.45, 2.75) is 6.92 Å². The van der Waals surface area contributed by atoms with Crippen LogP contribution in [0.3, 0.4) is 0 Å². The Kier molecular flexibility index (Phi) is 6.40. The van der Waals surface area contributed by atoms with Crippen LogP contribution in [0.1, 0.15) is 17.3 Å². The van der Waals surface area contributed by atoms with Crippen LogP contribution in [-0.4, -0.2) is 30.1 Å². The molecule has 1 amide bonds. The number of esters is 1. The number of nitrogens with zero attached hydrogens (tertiary/aromatic N) is 1. The molecule has 0 atom stereocenters. The molecule has 1 heterocycles. The van der Waals surface area contributed by atoms with Gasteiger partial charge in [0.05, 0.1) is 17.2 Å². The lowest BCUT2D eigenvalue weighted by atomic mass is 10.2. The van der Waals surface area contributed by atoms with Gasteiger partial charge in [0.1, 0.15) is 11.6 Å². The minimum Gasteiger partial charge on any atom is -0.482 e. The van der Waals surface area contributed by atoms with E-state index in [9.17, 15) is 9.59 Å². The molecule has 1 aromatic carbocycles. The number of amides is 1. The summed E-state index contributed by atoms with van der Waals surface area (Å²) in [6.07, 6.45) is 1.40. The SMILES string of the molecule is CCOC(=O)c1ccnc(NC(=O)COc2ccc(Cl)cc2Cl)c1. The van der Waals surface area contributed by atoms with E-state index in [1.54, 1.807) is 19.1 Å². The Labute approximate surface area is 148 Å². The number of hydrogen-bond donors (Lipinski definition) is 1. The molecule has 0 bridgehead atoms. The van der Waals surface area contributed by atoms with Gasteiger partial charge in [-0.25, -0.2) is 9.78 Å². The number of aromatic nitrogens is 1. The Hall–Kier alpha value is -2.31. The average molecular weight is 369 g/mol. The number of carbonyl (C=O) groups is 2. The molecule has 2 aromatic rings. The highest BCUT2D eigenvalue weighted by Gasteiger charge is 2.11. The van der Waals surface area contributed by atoms with E-state index < -0.39 is 11.9 Å². The first-order valence-corrected chi connectivity index (χ1v) is 7.76. The number of anilines is 1. The third-order valence-corrected chi connectivity index (χ3v) is 3.32. The molecule has 126 valence electrons. The van der Waals surface area contributed by atoms with Crippen molar-refractivity contribution in [2.24, 2.45) is 0 Å². The van der Waals surface area contributed by atoms with E-state index in [1.165, 1.54) is 24.4 Å². The summed E-state index contributed by atoms with van der Waals surface area (Å²) < 4.78 is 10.2. The van der Waals surface area contributed by atoms with E-state index >= 15 is 0 Å². The van der Waals surface area contributed by atoms with Gasteiger partial charge in [0, 0.05) is 11.2 Å². The summed E-state index contributed by atoms with van der Waals surface area (Å²) in [5.41, 5.74) is 0.295. The van der Waals surface area contributed by atoms with Crippen molar-refractivity contribution in [3.05, 3.63) is 52.1 Å². The second-order valence-corrected chi connectivity index (χ2v) is 5.41. The lowest BCUT2D eigenvalue weighted by Gasteiger charge is -2.09. The number of carbonyl (C=O) groups excluding carboxylic acids is 2. The summed E-state index contributed by atoms with van der Waals surface area (Å²) in [6.45, 7) is 1.70. The van der Waals surface area contributed by atoms with Crippen molar-refractivity contribution in [3.8, 4) is 5.75 Å². The van der Waals surface area contributed by atoms with Gasteiger partial charge in [-0.05, 0) is 37.3 Å². The molecule has 8 heteroatoms. The number of rotatable bonds is 6. The fraction of sp³-hybridized carbons (Fsp3) is 0.188. The normalized spacial score (nSPS) is 10.1. The average Bonchev–Trinajstić information content (AvgIpc) is 2.54. The molecule has 0 saturated carbocycles. The minimum absolute atomic E-state index is 0.219. The zero-order valence-electron chi connectivity index (χ0n) is 12.7. The molecule has 6 nitrogen and oxygen atoms in total. The van der Waals surface area contributed by atoms with Gasteiger partial charge in [0.2, 0.25) is 0 Å². The summed E-state index contributed by atoms with van der Waals surface area (Å²) in [4.78, 5) is 27.5. The zero-order chi connectivity index (χ0) is 17.5. The van der Waals surface area contributed by atoms with Crippen molar-refractivity contribution in [1.29, 1.82) is 0 Å². The molecular formula is C16H14Cl2N2O4. The Morgan fingerprint density at radius 2 is 2.00 bits per heavy atom. The number of ether oxygens (including phenoxy) is 2. The highest BCUT2D eigenvalue weighted by molar-refractivity contribution is 6.35. The monoisotopic (exact) mass is 368 g/mol. The van der Waals surface area contributed by atoms with Crippen LogP contribution in [-0.2, 0) is 9.53 Å². The predicted octanol–water partition coefficient (Wildman–Crippen LogP) is 3.58. The van der Waals surface area contributed by atoms with Gasteiger partial charge < -0.3 is 14.8 Å². The van der Waals surface area contributed by atoms with Crippen molar-refractivity contribution < 1.29 is 19.1 Å². The standard InChI is InChI=1S/C16H14Cl2N2O4/c1-2-23-16(22)10-5-6-19-14(7-10)20-15(21)9-24-13-4-3-11(17)8-12(13)18/h3-8H,2,9H2,1H3,(H,19,20,21). The van der Waals surface area contributed by atoms with E-state index in [4.69, 9.17) is 32.7 Å². The lowest BCUT2D eigenvalue weighted by Crippen LogP contribution is -2.21. The van der Waals surface area contributed by atoms with Crippen LogP contribution in [0.15, 0.2) is 36.5 Å². The lowest BCUT2D eigenvalue weighted by molar-refractivity contribution is -0.118. The largest absolute Gasteiger partial charge is 0.482 e. The van der Waals surface area contributed by atoms with Crippen LogP contribution in [0.4, 0.5) is 5.82 Å². The van der Waals surface area contributed by atoms with Gasteiger partial charge in [-0.1, -0.05) is 23.2 Å². The Balaban J connectivity index is 1.95. The molecule has 0 fully saturated rings. The van der Waals surface area contributed by atoms with Gasteiger partial charge in [-0.15, -0.1) is 0 Å². The van der Waals surface area contributed by atoms with Crippen molar-refractivity contribution >= 4 is 40.9 Å². The van der Waals surface area contributed by atoms with Crippen molar-refractivity contribution in [3.63, 3.8) is 0 Å². The maximum Gasteiger partial charge on any atom is 0.338 e. The second kappa shape index (κ2) is 8.52. The molecule has 0 saturated heterocycles. The predicted molar refractivity (Wildman–Crippen MR) is 90.8 cm³/mol. The molecule has 1 aromatic heterocycles. The van der Waals surface area contributed by atoms with Crippen LogP contribution in [0.5, 0.6) is 5.75 Å². The molecular weight excluding hydrogens is 355 g/mol. The zero-order valence-corrected chi connectivity index (χ0v) is 14.2. The van der Waals surface area contributed by atoms with Crippen LogP contribution in [0, 0.1) is 0 Å². The number of pyridine rings is 1. The van der Waals surface area contributed by atoms with Crippen LogP contribution in [0.2, 0.25) is 10.0 Å². The molecule has 1 N–H and O–H groups in total. The van der Waals surface area contributed by atoms with Gasteiger partial charge in [-0.2, -0.15) is 0 Å². The second-order valence-electron chi connectivity index (χ2n) is 4.56. The molecule has 0 aliphatic heterocycles. The summed E-state index contributed by atoms with van der Waals surface area (Å²) >= 11 is 11.7. The highest BCUT2D eigenvalue weighted by atomic mass is 35.5. The van der Waals surface area contributed by atoms with Crippen molar-refractivity contribution in [2.75, 3.05) is 18.5 Å². The summed E-state index contributed by atoms with van der Waals surface area (Å²) in [6, 6.07) is 7.60. The number of hydrogen-bond acceptors (Lipinski definition) is 5. The van der Waals surface area contributed by atoms with E-state index in [-0.39, 0.29) is 19.0 Å². The Morgan fingerprint density at radius 1 is 1.21 bits per heavy atom. The minimum atomic E-state index is -0.486. The third kappa shape index (κ3) is 5.11. The fourth-order valence-corrected chi connectivity index (χ4v) is 2.22. The number of benzene rings is 1. The van der Waals surface area contributed by atoms with Crippen molar-refractivity contribution in [1.82, 2.24) is 4.98 Å². The highest BCUT2D eigenvalue weighted by Crippen LogP contribution is 2.27. The smallest absolute Gasteiger partial charge is 0.338 e. The quantitative estimate of drug-likeness (QED) is 0.788. The molecule has 0 aliphatic carbocycles. The summed E-state index contributed by atoms with van der Waals surface area (Å²) in [5.74, 6) is -0.380. The van der Waals surface area contributed by atoms with E-state index in [0.717, 1.165) is 0 Å². The first-order valence-electron chi connectivity index (χ1n) is 7.00. The molecule has 0 aliphatic rings. The first-order chi connectivity index (χ1) is 11.5. The topological polar surface area (TPSA) is 77.5 Å². The van der Waals surface area contributed by atoms with Gasteiger partial charge in [-0.3, -0.25) is 4.79 Å². The fourth-order valence-electron chi connectivity index (χ4n) is 1.75. The molecule has 0 spiro atoms. The van der Waals surface area contributed by atoms with Crippen LogP contribution in [0.25, 0.3) is 0 Å². The molecule has 24 heavy (non-hydrogen) atoms. The van der Waals surface area contributed by atoms with Crippen LogP contribution >= 0.6 is 23.2 Å². The Bertz CT molecular complexity index is 753. The van der Waals surface area contributed by atoms with E-state index in [0.29, 0.717) is 21.4 Å². The maximum absolute atomic E-state index is 11.9. The maximum atomic E-state index is 11.9. The summed E-state index contributed by atoms with van der Waals surface area (Å²) in [5, 5.41) is 3.30. The Morgan fingerprint density at radius 3 is 2.71 bits per heavy atom. The molecule has 0 radical (unpaired) electrons. The van der Waals surface area contributed by atoms with E-state index in [1.807, 2.05) is 0 Å². The van der Waals surface area contributed by atoms with Crippen LogP contribution < -0.4 is 10.1 Å².